The summed E-state index contributed by atoms with van der Waals surface area (Å²) in [5.41, 5.74) is 1.74. The maximum Gasteiger partial charge on any atom is 0.232 e. The summed E-state index contributed by atoms with van der Waals surface area (Å²) in [6, 6.07) is 11.6. The average Bonchev–Trinajstić information content (AvgIpc) is 2.95. The molecule has 3 heterocycles. The molecule has 1 fully saturated rings. The molecule has 9 nitrogen and oxygen atoms in total. The Labute approximate surface area is 244 Å². The number of nitrogens with zero attached hydrogens (tertiary/aromatic N) is 3. The van der Waals surface area contributed by atoms with E-state index in [1.165, 1.54) is 19.1 Å². The standard InChI is InChI=1S/C30H34F2N6O3S/c1-18-15-21(17-33-16-18)36-30-35-13-10-26(37-30)24-5-4-12-34-29(24)41-28-19(2)6-7-22-23(28)8-9-25(32)27(22)38-42(39,40)14-11-20(3)31/h4-10,12-13,18,20-21,33,38H,11,14-17H2,1-3H3,(H,35,36,37)/t18-,20?,21+/m1/s1. The number of fused-ring (bicyclic) bond motifs is 1. The summed E-state index contributed by atoms with van der Waals surface area (Å²) in [7, 11) is -3.99. The number of aromatic nitrogens is 3. The van der Waals surface area contributed by atoms with E-state index in [0.29, 0.717) is 39.6 Å². The van der Waals surface area contributed by atoms with Crippen LogP contribution in [-0.4, -0.2) is 54.4 Å². The topological polar surface area (TPSA) is 118 Å². The molecule has 5 rings (SSSR count). The van der Waals surface area contributed by atoms with E-state index in [1.54, 1.807) is 36.7 Å². The second-order valence-electron chi connectivity index (χ2n) is 10.8. The highest BCUT2D eigenvalue weighted by Crippen LogP contribution is 2.39. The summed E-state index contributed by atoms with van der Waals surface area (Å²) in [5, 5.41) is 7.60. The molecule has 0 saturated carbocycles. The number of ether oxygens (including phenoxy) is 1. The third-order valence-corrected chi connectivity index (χ3v) is 8.43. The number of anilines is 2. The number of aryl methyl sites for hydroxylation is 1. The number of benzene rings is 2. The summed E-state index contributed by atoms with van der Waals surface area (Å²) < 4.78 is 62.1. The molecule has 0 aliphatic carbocycles. The van der Waals surface area contributed by atoms with Crippen LogP contribution in [0.15, 0.2) is 54.9 Å². The van der Waals surface area contributed by atoms with Crippen molar-refractivity contribution in [1.29, 1.82) is 0 Å². The van der Waals surface area contributed by atoms with Crippen LogP contribution in [0.2, 0.25) is 0 Å². The van der Waals surface area contributed by atoms with E-state index >= 15 is 0 Å². The van der Waals surface area contributed by atoms with Gasteiger partial charge in [-0.1, -0.05) is 19.1 Å². The Kier molecular flexibility index (Phi) is 8.83. The van der Waals surface area contributed by atoms with Gasteiger partial charge in [0.15, 0.2) is 0 Å². The summed E-state index contributed by atoms with van der Waals surface area (Å²) in [6.45, 7) is 7.12. The normalized spacial score (nSPS) is 18.0. The summed E-state index contributed by atoms with van der Waals surface area (Å²) >= 11 is 0. The maximum absolute atomic E-state index is 14.9. The van der Waals surface area contributed by atoms with Gasteiger partial charge in [0.2, 0.25) is 21.9 Å². The van der Waals surface area contributed by atoms with Crippen LogP contribution in [0.5, 0.6) is 11.6 Å². The van der Waals surface area contributed by atoms with Crippen molar-refractivity contribution in [2.45, 2.75) is 45.8 Å². The lowest BCUT2D eigenvalue weighted by atomic mass is 9.98. The highest BCUT2D eigenvalue weighted by Gasteiger charge is 2.22. The molecule has 0 bridgehead atoms. The van der Waals surface area contributed by atoms with Crippen LogP contribution >= 0.6 is 0 Å². The number of alkyl halides is 1. The van der Waals surface area contributed by atoms with E-state index in [4.69, 9.17) is 9.72 Å². The first-order valence-corrected chi connectivity index (χ1v) is 15.5. The molecule has 1 aliphatic rings. The monoisotopic (exact) mass is 596 g/mol. The fourth-order valence-corrected chi connectivity index (χ4v) is 6.27. The zero-order valence-electron chi connectivity index (χ0n) is 23.7. The molecule has 42 heavy (non-hydrogen) atoms. The van der Waals surface area contributed by atoms with E-state index < -0.39 is 27.8 Å². The Morgan fingerprint density at radius 1 is 1.10 bits per heavy atom. The fraction of sp³-hybridized carbons (Fsp3) is 0.367. The van der Waals surface area contributed by atoms with Gasteiger partial charge in [-0.2, -0.15) is 0 Å². The van der Waals surface area contributed by atoms with Gasteiger partial charge in [-0.05, 0) is 75.0 Å². The number of sulfonamides is 1. The number of pyridine rings is 1. The van der Waals surface area contributed by atoms with Crippen LogP contribution in [0.25, 0.3) is 22.0 Å². The van der Waals surface area contributed by atoms with Crippen LogP contribution in [0.1, 0.15) is 32.3 Å². The lowest BCUT2D eigenvalue weighted by Gasteiger charge is -2.28. The highest BCUT2D eigenvalue weighted by atomic mass is 32.2. The molecule has 3 N–H and O–H groups in total. The predicted octanol–water partition coefficient (Wildman–Crippen LogP) is 5.83. The van der Waals surface area contributed by atoms with E-state index in [1.807, 2.05) is 13.0 Å². The van der Waals surface area contributed by atoms with Gasteiger partial charge in [0.25, 0.3) is 0 Å². The molecule has 2 aromatic heterocycles. The molecule has 0 spiro atoms. The smallest absolute Gasteiger partial charge is 0.232 e. The van der Waals surface area contributed by atoms with Crippen molar-refractivity contribution >= 4 is 32.4 Å². The Morgan fingerprint density at radius 2 is 1.90 bits per heavy atom. The minimum absolute atomic E-state index is 0.200. The van der Waals surface area contributed by atoms with Crippen LogP contribution in [0.4, 0.5) is 20.4 Å². The summed E-state index contributed by atoms with van der Waals surface area (Å²) in [6.07, 6.45) is 2.78. The van der Waals surface area contributed by atoms with Crippen LogP contribution < -0.4 is 20.1 Å². The molecule has 222 valence electrons. The zero-order chi connectivity index (χ0) is 29.9. The molecule has 1 unspecified atom stereocenters. The third kappa shape index (κ3) is 6.93. The second kappa shape index (κ2) is 12.5. The Bertz CT molecular complexity index is 1690. The number of nitrogens with one attached hydrogen (secondary N) is 3. The van der Waals surface area contributed by atoms with Crippen molar-refractivity contribution in [1.82, 2.24) is 20.3 Å². The fourth-order valence-electron chi connectivity index (χ4n) is 5.01. The van der Waals surface area contributed by atoms with Crippen molar-refractivity contribution in [3.05, 3.63) is 66.2 Å². The highest BCUT2D eigenvalue weighted by molar-refractivity contribution is 7.92. The minimum Gasteiger partial charge on any atom is -0.437 e. The van der Waals surface area contributed by atoms with Crippen LogP contribution in [0, 0.1) is 18.7 Å². The Hall–Kier alpha value is -3.90. The van der Waals surface area contributed by atoms with Gasteiger partial charge in [-0.15, -0.1) is 0 Å². The first kappa shape index (κ1) is 29.6. The number of rotatable bonds is 10. The molecular formula is C30H34F2N6O3S. The van der Waals surface area contributed by atoms with Gasteiger partial charge >= 0.3 is 0 Å². The van der Waals surface area contributed by atoms with Crippen LogP contribution in [-0.2, 0) is 10.0 Å². The summed E-state index contributed by atoms with van der Waals surface area (Å²) in [5.74, 6) is 0.480. The Morgan fingerprint density at radius 3 is 2.69 bits per heavy atom. The Balaban J connectivity index is 1.47. The third-order valence-electron chi connectivity index (χ3n) is 7.14. The van der Waals surface area contributed by atoms with E-state index in [2.05, 4.69) is 32.2 Å². The molecule has 12 heteroatoms. The van der Waals surface area contributed by atoms with Crippen molar-refractivity contribution in [2.75, 3.05) is 28.9 Å². The van der Waals surface area contributed by atoms with Gasteiger partial charge in [0, 0.05) is 35.8 Å². The molecule has 2 aromatic carbocycles. The van der Waals surface area contributed by atoms with E-state index in [9.17, 15) is 17.2 Å². The first-order valence-electron chi connectivity index (χ1n) is 13.9. The average molecular weight is 597 g/mol. The van der Waals surface area contributed by atoms with Gasteiger partial charge < -0.3 is 15.4 Å². The molecule has 0 amide bonds. The molecule has 1 aliphatic heterocycles. The van der Waals surface area contributed by atoms with Crippen molar-refractivity contribution < 1.29 is 21.9 Å². The minimum atomic E-state index is -3.99. The largest absolute Gasteiger partial charge is 0.437 e. The quantitative estimate of drug-likeness (QED) is 0.209. The predicted molar refractivity (Wildman–Crippen MR) is 161 cm³/mol. The van der Waals surface area contributed by atoms with Crippen LogP contribution in [0.3, 0.4) is 0 Å². The lowest BCUT2D eigenvalue weighted by Crippen LogP contribution is -2.42. The SMILES string of the molecule is Cc1ccc2c(NS(=O)(=O)CCC(C)F)c(F)ccc2c1Oc1ncccc1-c1ccnc(N[C@@H]2CNC[C@H](C)C2)n1. The van der Waals surface area contributed by atoms with Gasteiger partial charge in [-0.3, -0.25) is 4.72 Å². The van der Waals surface area contributed by atoms with E-state index in [-0.39, 0.29) is 24.0 Å². The lowest BCUT2D eigenvalue weighted by molar-refractivity contribution is 0.353. The molecule has 3 atom stereocenters. The molecule has 0 radical (unpaired) electrons. The summed E-state index contributed by atoms with van der Waals surface area (Å²) in [4.78, 5) is 13.6. The number of hydrogen-bond acceptors (Lipinski definition) is 8. The number of hydrogen-bond donors (Lipinski definition) is 3. The zero-order valence-corrected chi connectivity index (χ0v) is 24.5. The van der Waals surface area contributed by atoms with Crippen molar-refractivity contribution in [3.8, 4) is 22.9 Å². The number of halogens is 2. The molecule has 4 aromatic rings. The second-order valence-corrected chi connectivity index (χ2v) is 12.6. The van der Waals surface area contributed by atoms with Gasteiger partial charge in [-0.25, -0.2) is 32.2 Å². The van der Waals surface area contributed by atoms with Gasteiger partial charge in [0.05, 0.1) is 28.9 Å². The van der Waals surface area contributed by atoms with Crippen molar-refractivity contribution in [2.24, 2.45) is 5.92 Å². The van der Waals surface area contributed by atoms with Crippen molar-refractivity contribution in [3.63, 3.8) is 0 Å². The maximum atomic E-state index is 14.9. The molecular weight excluding hydrogens is 562 g/mol. The van der Waals surface area contributed by atoms with E-state index in [0.717, 1.165) is 25.1 Å². The first-order chi connectivity index (χ1) is 20.1. The van der Waals surface area contributed by atoms with Gasteiger partial charge in [0.1, 0.15) is 11.6 Å². The molecule has 1 saturated heterocycles. The number of piperidine rings is 1.